The summed E-state index contributed by atoms with van der Waals surface area (Å²) in [5.74, 6) is -1.61. The minimum absolute atomic E-state index is 0.239. The second-order valence-electron chi connectivity index (χ2n) is 4.04. The van der Waals surface area contributed by atoms with Crippen LogP contribution in [0.4, 0.5) is 0 Å². The van der Waals surface area contributed by atoms with E-state index in [2.05, 4.69) is 0 Å². The molecule has 2 rings (SSSR count). The Morgan fingerprint density at radius 1 is 1.32 bits per heavy atom. The number of Topliss-reactive ketones (excluding diaryl/α,β-unsaturated/α-hetero) is 1. The van der Waals surface area contributed by atoms with Crippen LogP contribution in [0.3, 0.4) is 0 Å². The minimum atomic E-state index is -1.34. The molecule has 0 bridgehead atoms. The van der Waals surface area contributed by atoms with Crippen molar-refractivity contribution in [2.45, 2.75) is 13.8 Å². The van der Waals surface area contributed by atoms with E-state index in [-0.39, 0.29) is 11.3 Å². The average Bonchev–Trinajstić information content (AvgIpc) is 2.81. The fourth-order valence-electron chi connectivity index (χ4n) is 1.91. The summed E-state index contributed by atoms with van der Waals surface area (Å²) in [6, 6.07) is 2.85. The minimum Gasteiger partial charge on any atom is -0.477 e. The highest BCUT2D eigenvalue weighted by molar-refractivity contribution is 7.08. The fraction of sp³-hybridized carbons (Fsp3) is 0.154. The van der Waals surface area contributed by atoms with Crippen LogP contribution in [0.2, 0.25) is 0 Å². The molecule has 0 aliphatic rings. The van der Waals surface area contributed by atoms with Gasteiger partial charge in [0.1, 0.15) is 5.56 Å². The van der Waals surface area contributed by atoms with Crippen molar-refractivity contribution in [2.75, 3.05) is 0 Å². The number of carboxylic acids is 1. The maximum Gasteiger partial charge on any atom is 0.341 e. The van der Waals surface area contributed by atoms with Crippen LogP contribution in [0, 0.1) is 6.92 Å². The van der Waals surface area contributed by atoms with Crippen molar-refractivity contribution in [1.82, 2.24) is 4.57 Å². The van der Waals surface area contributed by atoms with Crippen molar-refractivity contribution in [2.24, 2.45) is 0 Å². The van der Waals surface area contributed by atoms with Gasteiger partial charge in [-0.1, -0.05) is 0 Å². The van der Waals surface area contributed by atoms with Crippen LogP contribution < -0.4 is 5.56 Å². The Balaban J connectivity index is 2.89. The van der Waals surface area contributed by atoms with Crippen LogP contribution in [0.25, 0.3) is 5.69 Å². The molecular weight excluding hydrogens is 266 g/mol. The molecule has 1 N–H and O–H groups in total. The number of carbonyl (C=O) groups excluding carboxylic acids is 1. The number of hydrogen-bond acceptors (Lipinski definition) is 4. The summed E-state index contributed by atoms with van der Waals surface area (Å²) >= 11 is 1.39. The standard InChI is InChI=1S/C13H11NO4S/c1-7-10(8(2)15)5-11(13(17)18)12(16)14(7)9-3-4-19-6-9/h3-6H,1-2H3,(H,17,18). The topological polar surface area (TPSA) is 76.4 Å². The summed E-state index contributed by atoms with van der Waals surface area (Å²) in [5.41, 5.74) is 0.220. The quantitative estimate of drug-likeness (QED) is 0.872. The third-order valence-electron chi connectivity index (χ3n) is 2.82. The maximum atomic E-state index is 12.2. The van der Waals surface area contributed by atoms with E-state index in [4.69, 9.17) is 5.11 Å². The second kappa shape index (κ2) is 4.81. The Kier molecular flexibility index (Phi) is 3.35. The molecule has 2 heterocycles. The van der Waals surface area contributed by atoms with Gasteiger partial charge in [-0.05, 0) is 31.4 Å². The van der Waals surface area contributed by atoms with E-state index in [1.54, 1.807) is 23.8 Å². The van der Waals surface area contributed by atoms with Gasteiger partial charge in [-0.25, -0.2) is 4.79 Å². The number of aromatic nitrogens is 1. The van der Waals surface area contributed by atoms with Crippen molar-refractivity contribution in [3.05, 3.63) is 50.1 Å². The van der Waals surface area contributed by atoms with Crippen molar-refractivity contribution < 1.29 is 14.7 Å². The average molecular weight is 277 g/mol. The number of hydrogen-bond donors (Lipinski definition) is 1. The van der Waals surface area contributed by atoms with E-state index in [1.165, 1.54) is 22.8 Å². The molecule has 0 saturated heterocycles. The van der Waals surface area contributed by atoms with Crippen LogP contribution in [-0.4, -0.2) is 21.4 Å². The lowest BCUT2D eigenvalue weighted by atomic mass is 10.1. The van der Waals surface area contributed by atoms with Crippen LogP contribution in [0.15, 0.2) is 27.7 Å². The fourth-order valence-corrected chi connectivity index (χ4v) is 2.53. The number of ketones is 1. The number of carbonyl (C=O) groups is 2. The van der Waals surface area contributed by atoms with Gasteiger partial charge in [0, 0.05) is 16.6 Å². The van der Waals surface area contributed by atoms with E-state index >= 15 is 0 Å². The lowest BCUT2D eigenvalue weighted by Crippen LogP contribution is -2.28. The molecule has 0 aliphatic heterocycles. The molecule has 0 unspecified atom stereocenters. The normalized spacial score (nSPS) is 10.4. The van der Waals surface area contributed by atoms with Gasteiger partial charge in [0.15, 0.2) is 5.78 Å². The Morgan fingerprint density at radius 2 is 2.00 bits per heavy atom. The van der Waals surface area contributed by atoms with Crippen LogP contribution >= 0.6 is 11.3 Å². The molecular formula is C13H11NO4S. The smallest absolute Gasteiger partial charge is 0.341 e. The zero-order valence-corrected chi connectivity index (χ0v) is 11.2. The first-order valence-electron chi connectivity index (χ1n) is 5.47. The molecule has 0 amide bonds. The number of rotatable bonds is 3. The molecule has 0 atom stereocenters. The van der Waals surface area contributed by atoms with Gasteiger partial charge in [-0.2, -0.15) is 11.3 Å². The van der Waals surface area contributed by atoms with Crippen molar-refractivity contribution in [1.29, 1.82) is 0 Å². The predicted molar refractivity (Wildman–Crippen MR) is 71.6 cm³/mol. The highest BCUT2D eigenvalue weighted by atomic mass is 32.1. The predicted octanol–water partition coefficient (Wildman–Crippen LogP) is 2.11. The first-order valence-corrected chi connectivity index (χ1v) is 6.41. The number of pyridine rings is 1. The number of carboxylic acid groups (broad SMARTS) is 1. The maximum absolute atomic E-state index is 12.2. The Labute approximate surface area is 112 Å². The number of thiophene rings is 1. The van der Waals surface area contributed by atoms with E-state index in [1.807, 2.05) is 0 Å². The van der Waals surface area contributed by atoms with Gasteiger partial charge in [0.05, 0.1) is 5.69 Å². The van der Waals surface area contributed by atoms with E-state index in [0.29, 0.717) is 11.4 Å². The molecule has 98 valence electrons. The van der Waals surface area contributed by atoms with E-state index in [0.717, 1.165) is 6.07 Å². The van der Waals surface area contributed by atoms with Gasteiger partial charge in [0.25, 0.3) is 5.56 Å². The van der Waals surface area contributed by atoms with Gasteiger partial charge in [-0.15, -0.1) is 0 Å². The highest BCUT2D eigenvalue weighted by Crippen LogP contribution is 2.16. The van der Waals surface area contributed by atoms with Crippen LogP contribution in [0.1, 0.15) is 33.3 Å². The summed E-state index contributed by atoms with van der Waals surface area (Å²) < 4.78 is 1.26. The van der Waals surface area contributed by atoms with Crippen LogP contribution in [0.5, 0.6) is 0 Å². The van der Waals surface area contributed by atoms with Crippen LogP contribution in [-0.2, 0) is 0 Å². The van der Waals surface area contributed by atoms with Gasteiger partial charge in [0.2, 0.25) is 0 Å². The summed E-state index contributed by atoms with van der Waals surface area (Å²) in [6.07, 6.45) is 0. The summed E-state index contributed by atoms with van der Waals surface area (Å²) in [4.78, 5) is 34.9. The van der Waals surface area contributed by atoms with Crippen molar-refractivity contribution >= 4 is 23.1 Å². The molecule has 19 heavy (non-hydrogen) atoms. The SMILES string of the molecule is CC(=O)c1cc(C(=O)O)c(=O)n(-c2ccsc2)c1C. The molecule has 2 aromatic heterocycles. The first kappa shape index (κ1) is 13.2. The second-order valence-corrected chi connectivity index (χ2v) is 4.82. The highest BCUT2D eigenvalue weighted by Gasteiger charge is 2.19. The third kappa shape index (κ3) is 2.22. The van der Waals surface area contributed by atoms with E-state index in [9.17, 15) is 14.4 Å². The zero-order chi connectivity index (χ0) is 14.2. The molecule has 0 radical (unpaired) electrons. The molecule has 2 aromatic rings. The molecule has 0 spiro atoms. The first-order chi connectivity index (χ1) is 8.93. The molecule has 6 heteroatoms. The van der Waals surface area contributed by atoms with Gasteiger partial charge >= 0.3 is 5.97 Å². The molecule has 0 fully saturated rings. The summed E-state index contributed by atoms with van der Waals surface area (Å²) in [7, 11) is 0. The zero-order valence-electron chi connectivity index (χ0n) is 10.3. The Hall–Kier alpha value is -2.21. The van der Waals surface area contributed by atoms with Gasteiger partial charge < -0.3 is 5.11 Å². The number of aromatic carboxylic acids is 1. The van der Waals surface area contributed by atoms with Gasteiger partial charge in [-0.3, -0.25) is 14.2 Å². The molecule has 0 aromatic carbocycles. The monoisotopic (exact) mass is 277 g/mol. The molecule has 0 aliphatic carbocycles. The Morgan fingerprint density at radius 3 is 2.47 bits per heavy atom. The Bertz CT molecular complexity index is 713. The lowest BCUT2D eigenvalue weighted by molar-refractivity contribution is 0.0694. The van der Waals surface area contributed by atoms with Crippen molar-refractivity contribution in [3.63, 3.8) is 0 Å². The number of nitrogens with zero attached hydrogens (tertiary/aromatic N) is 1. The summed E-state index contributed by atoms with van der Waals surface area (Å²) in [6.45, 7) is 2.97. The lowest BCUT2D eigenvalue weighted by Gasteiger charge is -2.12. The van der Waals surface area contributed by atoms with E-state index < -0.39 is 17.1 Å². The molecule has 0 saturated carbocycles. The third-order valence-corrected chi connectivity index (χ3v) is 3.49. The summed E-state index contributed by atoms with van der Waals surface area (Å²) in [5, 5.41) is 12.6. The van der Waals surface area contributed by atoms with Crippen molar-refractivity contribution in [3.8, 4) is 5.69 Å². The molecule has 5 nitrogen and oxygen atoms in total. The largest absolute Gasteiger partial charge is 0.477 e.